The van der Waals surface area contributed by atoms with Gasteiger partial charge >= 0.3 is 0 Å². The number of rotatable bonds is 9. The first-order chi connectivity index (χ1) is 15.8. The van der Waals surface area contributed by atoms with Crippen LogP contribution in [0.5, 0.6) is 17.2 Å². The molecule has 1 unspecified atom stereocenters. The van der Waals surface area contributed by atoms with Crippen LogP contribution in [0.1, 0.15) is 22.8 Å². The Kier molecular flexibility index (Phi) is 7.81. The molecule has 3 rings (SSSR count). The molecule has 3 N–H and O–H groups in total. The Labute approximate surface area is 195 Å². The number of nitrogens with one attached hydrogen (secondary N) is 2. The zero-order valence-electron chi connectivity index (χ0n) is 18.0. The van der Waals surface area contributed by atoms with Crippen LogP contribution in [-0.4, -0.2) is 46.1 Å². The largest absolute Gasteiger partial charge is 0.497 e. The lowest BCUT2D eigenvalue weighted by molar-refractivity contribution is -0.128. The van der Waals surface area contributed by atoms with Gasteiger partial charge in [-0.15, -0.1) is 0 Å². The lowest BCUT2D eigenvalue weighted by atomic mass is 10.0. The molecule has 0 saturated heterocycles. The maximum atomic E-state index is 12.7. The van der Waals surface area contributed by atoms with Crippen LogP contribution in [0.15, 0.2) is 61.2 Å². The molecule has 0 spiro atoms. The summed E-state index contributed by atoms with van der Waals surface area (Å²) in [4.78, 5) is 32.5. The highest BCUT2D eigenvalue weighted by Crippen LogP contribution is 2.32. The fourth-order valence-electron chi connectivity index (χ4n) is 2.78. The van der Waals surface area contributed by atoms with Crippen molar-refractivity contribution < 1.29 is 24.2 Å². The summed E-state index contributed by atoms with van der Waals surface area (Å²) in [5.41, 5.74) is -0.557. The van der Waals surface area contributed by atoms with Gasteiger partial charge in [0.15, 0.2) is 0 Å². The third-order valence-electron chi connectivity index (χ3n) is 4.77. The quantitative estimate of drug-likeness (QED) is 0.439. The predicted octanol–water partition coefficient (Wildman–Crippen LogP) is 2.73. The molecule has 2 amide bonds. The van der Waals surface area contributed by atoms with E-state index in [0.29, 0.717) is 22.3 Å². The number of aliphatic hydroxyl groups is 1. The SMILES string of the molecule is COc1ccc(Oc2ccc(CNC(=O)C(C)(CO)NC(=O)c3cncnc3)cc2)c(Cl)c1. The third kappa shape index (κ3) is 6.18. The monoisotopic (exact) mass is 470 g/mol. The second-order valence-electron chi connectivity index (χ2n) is 7.30. The van der Waals surface area contributed by atoms with Gasteiger partial charge in [0.2, 0.25) is 5.91 Å². The highest BCUT2D eigenvalue weighted by molar-refractivity contribution is 6.32. The molecule has 0 aliphatic carbocycles. The molecule has 0 radical (unpaired) electrons. The van der Waals surface area contributed by atoms with Gasteiger partial charge in [-0.2, -0.15) is 0 Å². The molecular formula is C23H23ClN4O5. The Morgan fingerprint density at radius 3 is 2.36 bits per heavy atom. The van der Waals surface area contributed by atoms with Crippen molar-refractivity contribution in [2.75, 3.05) is 13.7 Å². The number of aromatic nitrogens is 2. The molecule has 0 aliphatic rings. The van der Waals surface area contributed by atoms with Crippen molar-refractivity contribution in [1.82, 2.24) is 20.6 Å². The minimum Gasteiger partial charge on any atom is -0.497 e. The molecule has 0 fully saturated rings. The van der Waals surface area contributed by atoms with E-state index >= 15 is 0 Å². The van der Waals surface area contributed by atoms with Crippen LogP contribution in [0.3, 0.4) is 0 Å². The lowest BCUT2D eigenvalue weighted by Crippen LogP contribution is -2.59. The number of methoxy groups -OCH3 is 1. The standard InChI is InChI=1S/C23H23ClN4O5/c1-23(13-29,28-21(30)16-11-25-14-26-12-16)22(31)27-10-15-3-5-17(6-4-15)33-20-8-7-18(32-2)9-19(20)24/h3-9,11-12,14,29H,10,13H2,1-2H3,(H,27,31)(H,28,30). The molecule has 1 heterocycles. The van der Waals surface area contributed by atoms with E-state index in [1.54, 1.807) is 49.6 Å². The van der Waals surface area contributed by atoms with E-state index in [0.717, 1.165) is 5.56 Å². The van der Waals surface area contributed by atoms with Gasteiger partial charge in [0, 0.05) is 25.0 Å². The van der Waals surface area contributed by atoms with E-state index < -0.39 is 24.0 Å². The summed E-state index contributed by atoms with van der Waals surface area (Å²) in [5.74, 6) is 0.564. The number of aliphatic hydroxyl groups excluding tert-OH is 1. The summed E-state index contributed by atoms with van der Waals surface area (Å²) in [6.07, 6.45) is 3.93. The Bertz CT molecular complexity index is 1110. The molecule has 1 atom stereocenters. The predicted molar refractivity (Wildman–Crippen MR) is 121 cm³/mol. The lowest BCUT2D eigenvalue weighted by Gasteiger charge is -2.27. The number of hydrogen-bond acceptors (Lipinski definition) is 7. The van der Waals surface area contributed by atoms with Crippen molar-refractivity contribution in [3.05, 3.63) is 77.3 Å². The normalized spacial score (nSPS) is 12.4. The van der Waals surface area contributed by atoms with E-state index in [9.17, 15) is 14.7 Å². The van der Waals surface area contributed by atoms with Crippen molar-refractivity contribution in [3.8, 4) is 17.2 Å². The molecule has 33 heavy (non-hydrogen) atoms. The van der Waals surface area contributed by atoms with Crippen LogP contribution in [0, 0.1) is 0 Å². The summed E-state index contributed by atoms with van der Waals surface area (Å²) in [7, 11) is 1.55. The van der Waals surface area contributed by atoms with Crippen LogP contribution in [0.4, 0.5) is 0 Å². The van der Waals surface area contributed by atoms with Gasteiger partial charge in [0.25, 0.3) is 5.91 Å². The number of halogens is 1. The molecule has 3 aromatic rings. The van der Waals surface area contributed by atoms with Crippen molar-refractivity contribution >= 4 is 23.4 Å². The first-order valence-corrected chi connectivity index (χ1v) is 10.3. The van der Waals surface area contributed by atoms with Crippen molar-refractivity contribution in [2.45, 2.75) is 19.0 Å². The zero-order valence-corrected chi connectivity index (χ0v) is 18.8. The van der Waals surface area contributed by atoms with Crippen LogP contribution >= 0.6 is 11.6 Å². The van der Waals surface area contributed by atoms with Crippen molar-refractivity contribution in [1.29, 1.82) is 0 Å². The van der Waals surface area contributed by atoms with Gasteiger partial charge in [0.05, 0.1) is 24.3 Å². The molecule has 2 aromatic carbocycles. The Balaban J connectivity index is 1.58. The third-order valence-corrected chi connectivity index (χ3v) is 5.07. The molecule has 0 aliphatic heterocycles. The van der Waals surface area contributed by atoms with Crippen LogP contribution < -0.4 is 20.1 Å². The van der Waals surface area contributed by atoms with Crippen LogP contribution in [-0.2, 0) is 11.3 Å². The molecular weight excluding hydrogens is 448 g/mol. The van der Waals surface area contributed by atoms with E-state index in [1.165, 1.54) is 25.6 Å². The number of hydrogen-bond donors (Lipinski definition) is 3. The smallest absolute Gasteiger partial charge is 0.255 e. The highest BCUT2D eigenvalue weighted by Gasteiger charge is 2.34. The van der Waals surface area contributed by atoms with Gasteiger partial charge < -0.3 is 25.2 Å². The van der Waals surface area contributed by atoms with E-state index in [1.807, 2.05) is 0 Å². The molecule has 0 saturated carbocycles. The van der Waals surface area contributed by atoms with E-state index in [-0.39, 0.29) is 12.1 Å². The molecule has 0 bridgehead atoms. The molecule has 10 heteroatoms. The summed E-state index contributed by atoms with van der Waals surface area (Å²) in [6, 6.07) is 12.2. The molecule has 172 valence electrons. The average Bonchev–Trinajstić information content (AvgIpc) is 2.84. The fourth-order valence-corrected chi connectivity index (χ4v) is 2.99. The topological polar surface area (TPSA) is 123 Å². The number of carbonyl (C=O) groups is 2. The summed E-state index contributed by atoms with van der Waals surface area (Å²) in [6.45, 7) is 1.02. The first kappa shape index (κ1) is 24.0. The summed E-state index contributed by atoms with van der Waals surface area (Å²) >= 11 is 6.20. The molecule has 9 nitrogen and oxygen atoms in total. The van der Waals surface area contributed by atoms with Crippen molar-refractivity contribution in [2.24, 2.45) is 0 Å². The second-order valence-corrected chi connectivity index (χ2v) is 7.70. The maximum absolute atomic E-state index is 12.7. The fraction of sp³-hybridized carbons (Fsp3) is 0.217. The van der Waals surface area contributed by atoms with E-state index in [4.69, 9.17) is 21.1 Å². The minimum atomic E-state index is -1.53. The molecule has 1 aromatic heterocycles. The average molecular weight is 471 g/mol. The number of benzene rings is 2. The summed E-state index contributed by atoms with van der Waals surface area (Å²) < 4.78 is 10.9. The maximum Gasteiger partial charge on any atom is 0.255 e. The number of nitrogens with zero attached hydrogens (tertiary/aromatic N) is 2. The first-order valence-electron chi connectivity index (χ1n) is 9.91. The zero-order chi connectivity index (χ0) is 23.8. The Morgan fingerprint density at radius 1 is 1.09 bits per heavy atom. The van der Waals surface area contributed by atoms with Gasteiger partial charge in [-0.1, -0.05) is 23.7 Å². The van der Waals surface area contributed by atoms with Gasteiger partial charge in [-0.25, -0.2) is 9.97 Å². The van der Waals surface area contributed by atoms with Crippen molar-refractivity contribution in [3.63, 3.8) is 0 Å². The highest BCUT2D eigenvalue weighted by atomic mass is 35.5. The van der Waals surface area contributed by atoms with Crippen LogP contribution in [0.25, 0.3) is 0 Å². The minimum absolute atomic E-state index is 0.178. The van der Waals surface area contributed by atoms with E-state index in [2.05, 4.69) is 20.6 Å². The summed E-state index contributed by atoms with van der Waals surface area (Å²) in [5, 5.41) is 15.4. The van der Waals surface area contributed by atoms with Gasteiger partial charge in [-0.3, -0.25) is 9.59 Å². The number of amides is 2. The number of carbonyl (C=O) groups excluding carboxylic acids is 2. The van der Waals surface area contributed by atoms with Crippen LogP contribution in [0.2, 0.25) is 5.02 Å². The van der Waals surface area contributed by atoms with Gasteiger partial charge in [0.1, 0.15) is 29.1 Å². The van der Waals surface area contributed by atoms with Gasteiger partial charge in [-0.05, 0) is 36.8 Å². The number of ether oxygens (including phenoxy) is 2. The Morgan fingerprint density at radius 2 is 1.76 bits per heavy atom. The second kappa shape index (κ2) is 10.8. The Hall–Kier alpha value is -3.69.